The van der Waals surface area contributed by atoms with Gasteiger partial charge < -0.3 is 15.5 Å². The predicted octanol–water partition coefficient (Wildman–Crippen LogP) is -0.278. The average Bonchev–Trinajstić information content (AvgIpc) is 2.68. The molecule has 0 fully saturated rings. The maximum absolute atomic E-state index is 10.5. The molecule has 2 rings (SSSR count). The Morgan fingerprint density at radius 1 is 1.44 bits per heavy atom. The van der Waals surface area contributed by atoms with E-state index in [1.165, 1.54) is 19.3 Å². The van der Waals surface area contributed by atoms with Gasteiger partial charge in [0.15, 0.2) is 24.4 Å². The first kappa shape index (κ1) is 12.8. The Balaban J connectivity index is 2.00. The Morgan fingerprint density at radius 2 is 2.22 bits per heavy atom. The van der Waals surface area contributed by atoms with Gasteiger partial charge in [0.2, 0.25) is 6.61 Å². The van der Waals surface area contributed by atoms with Crippen LogP contribution in [0.5, 0.6) is 0 Å². The third-order valence-electron chi connectivity index (χ3n) is 2.06. The summed E-state index contributed by atoms with van der Waals surface area (Å²) < 4.78 is 16.9. The van der Waals surface area contributed by atoms with Crippen molar-refractivity contribution in [1.82, 2.24) is 19.5 Å². The van der Waals surface area contributed by atoms with E-state index in [9.17, 15) is 4.57 Å². The molecule has 0 aliphatic heterocycles. The molecule has 96 valence electrons. The number of imidazole rings is 1. The molecule has 0 saturated heterocycles. The molecule has 2 aromatic heterocycles. The van der Waals surface area contributed by atoms with Gasteiger partial charge in [-0.2, -0.15) is 4.74 Å². The predicted molar refractivity (Wildman–Crippen MR) is 62.0 cm³/mol. The Morgan fingerprint density at radius 3 is 2.94 bits per heavy atom. The lowest BCUT2D eigenvalue weighted by molar-refractivity contribution is 0.206. The van der Waals surface area contributed by atoms with Gasteiger partial charge in [-0.25, -0.2) is 15.0 Å². The Hall–Kier alpha value is -1.67. The number of hydrogen-bond acceptors (Lipinski definition) is 6. The van der Waals surface area contributed by atoms with Gasteiger partial charge in [-0.15, -0.1) is 0 Å². The Kier molecular flexibility index (Phi) is 3.48. The molecule has 4 N–H and O–H groups in total. The van der Waals surface area contributed by atoms with Crippen LogP contribution in [-0.2, 0) is 15.8 Å². The van der Waals surface area contributed by atoms with Crippen LogP contribution in [0.15, 0.2) is 12.7 Å². The second-order valence-electron chi connectivity index (χ2n) is 3.46. The lowest BCUT2D eigenvalue weighted by Crippen LogP contribution is -2.02. The van der Waals surface area contributed by atoms with E-state index in [2.05, 4.69) is 15.0 Å². The number of anilines is 1. The van der Waals surface area contributed by atoms with Gasteiger partial charge in [-0.05, 0) is 0 Å². The molecule has 0 spiro atoms. The van der Waals surface area contributed by atoms with Crippen LogP contribution in [0.2, 0.25) is 0 Å². The maximum Gasteiger partial charge on any atom is 0.356 e. The standard InChI is InChI=1S/C8H10N5O4P/c9-7-6-8(11-3-10-7)13(4-12-6)1-2-17-5-18(14,15)16/h2-4H,1,5H2,(H3-,9,10,11,14,15,16)/p+1. The zero-order valence-corrected chi connectivity index (χ0v) is 10.1. The van der Waals surface area contributed by atoms with Crippen molar-refractivity contribution in [3.8, 4) is 0 Å². The van der Waals surface area contributed by atoms with Crippen molar-refractivity contribution in [3.05, 3.63) is 19.3 Å². The molecule has 0 atom stereocenters. The third-order valence-corrected chi connectivity index (χ3v) is 2.55. The van der Waals surface area contributed by atoms with Crippen LogP contribution in [0, 0.1) is 6.61 Å². The summed E-state index contributed by atoms with van der Waals surface area (Å²) in [6.45, 7) is 1.51. The van der Waals surface area contributed by atoms with Crippen LogP contribution < -0.4 is 5.73 Å². The van der Waals surface area contributed by atoms with Crippen molar-refractivity contribution in [2.24, 2.45) is 0 Å². The molecule has 0 aliphatic carbocycles. The largest absolute Gasteiger partial charge is 0.382 e. The second kappa shape index (κ2) is 4.91. The molecular weight excluding hydrogens is 261 g/mol. The summed E-state index contributed by atoms with van der Waals surface area (Å²) >= 11 is 0. The maximum atomic E-state index is 10.5. The SMILES string of the molecule is Nc1ncnc2c1ncn2C[CH+]OCP(=O)(O)O. The van der Waals surface area contributed by atoms with Gasteiger partial charge in [0.1, 0.15) is 18.2 Å². The summed E-state index contributed by atoms with van der Waals surface area (Å²) in [5.41, 5.74) is 6.61. The number of fused-ring (bicyclic) bond motifs is 1. The van der Waals surface area contributed by atoms with Crippen molar-refractivity contribution in [3.63, 3.8) is 0 Å². The fourth-order valence-corrected chi connectivity index (χ4v) is 1.61. The van der Waals surface area contributed by atoms with Gasteiger partial charge >= 0.3 is 7.60 Å². The molecule has 0 saturated carbocycles. The summed E-state index contributed by atoms with van der Waals surface area (Å²) in [5.74, 6) is 0.273. The smallest absolute Gasteiger partial charge is 0.356 e. The summed E-state index contributed by atoms with van der Waals surface area (Å²) in [6.07, 6.45) is 2.15. The van der Waals surface area contributed by atoms with E-state index in [0.29, 0.717) is 11.2 Å². The number of ether oxygens (including phenoxy) is 1. The van der Waals surface area contributed by atoms with Crippen LogP contribution in [-0.4, -0.2) is 35.7 Å². The van der Waals surface area contributed by atoms with Crippen molar-refractivity contribution >= 4 is 24.6 Å². The molecule has 2 heterocycles. The van der Waals surface area contributed by atoms with Crippen LogP contribution in [0.25, 0.3) is 11.2 Å². The van der Waals surface area contributed by atoms with E-state index in [4.69, 9.17) is 20.3 Å². The first-order valence-corrected chi connectivity index (χ1v) is 6.66. The molecular formula is C8H11N5O4P+. The molecule has 0 bridgehead atoms. The molecule has 0 aromatic carbocycles. The van der Waals surface area contributed by atoms with Gasteiger partial charge in [0.25, 0.3) is 0 Å². The number of hydrogen-bond donors (Lipinski definition) is 3. The quantitative estimate of drug-likeness (QED) is 0.384. The lowest BCUT2D eigenvalue weighted by atomic mass is 10.5. The minimum Gasteiger partial charge on any atom is -0.382 e. The zero-order valence-electron chi connectivity index (χ0n) is 9.17. The minimum absolute atomic E-state index is 0.243. The van der Waals surface area contributed by atoms with Crippen molar-refractivity contribution < 1.29 is 19.1 Å². The molecule has 9 nitrogen and oxygen atoms in total. The van der Waals surface area contributed by atoms with Crippen molar-refractivity contribution in [2.75, 3.05) is 12.1 Å². The fourth-order valence-electron chi connectivity index (χ4n) is 1.32. The normalized spacial score (nSPS) is 11.9. The highest BCUT2D eigenvalue weighted by atomic mass is 31.2. The van der Waals surface area contributed by atoms with Crippen LogP contribution in [0.3, 0.4) is 0 Å². The molecule has 0 aliphatic rings. The van der Waals surface area contributed by atoms with E-state index in [1.807, 2.05) is 0 Å². The summed E-state index contributed by atoms with van der Waals surface area (Å²) in [5, 5.41) is 0. The number of nitrogen functional groups attached to an aromatic ring is 1. The number of aromatic nitrogens is 4. The van der Waals surface area contributed by atoms with E-state index < -0.39 is 13.9 Å². The fraction of sp³-hybridized carbons (Fsp3) is 0.250. The highest BCUT2D eigenvalue weighted by Gasteiger charge is 2.17. The molecule has 2 aromatic rings. The van der Waals surface area contributed by atoms with Crippen molar-refractivity contribution in [2.45, 2.75) is 6.54 Å². The summed E-state index contributed by atoms with van der Waals surface area (Å²) in [4.78, 5) is 29.0. The lowest BCUT2D eigenvalue weighted by Gasteiger charge is -1.99. The highest BCUT2D eigenvalue weighted by molar-refractivity contribution is 7.51. The summed E-state index contributed by atoms with van der Waals surface area (Å²) in [7, 11) is -4.15. The number of nitrogens with zero attached hydrogens (tertiary/aromatic N) is 4. The van der Waals surface area contributed by atoms with Crippen LogP contribution >= 0.6 is 7.60 Å². The molecule has 18 heavy (non-hydrogen) atoms. The third kappa shape index (κ3) is 2.96. The zero-order chi connectivity index (χ0) is 13.2. The van der Waals surface area contributed by atoms with E-state index in [1.54, 1.807) is 4.57 Å². The topological polar surface area (TPSA) is 136 Å². The second-order valence-corrected chi connectivity index (χ2v) is 5.04. The van der Waals surface area contributed by atoms with E-state index >= 15 is 0 Å². The summed E-state index contributed by atoms with van der Waals surface area (Å²) in [6, 6.07) is 0. The van der Waals surface area contributed by atoms with E-state index in [-0.39, 0.29) is 12.4 Å². The highest BCUT2D eigenvalue weighted by Crippen LogP contribution is 2.34. The molecule has 0 radical (unpaired) electrons. The molecule has 0 unspecified atom stereocenters. The van der Waals surface area contributed by atoms with E-state index in [0.717, 1.165) is 0 Å². The average molecular weight is 272 g/mol. The monoisotopic (exact) mass is 272 g/mol. The molecule has 10 heteroatoms. The Bertz CT molecular complexity index is 594. The first-order valence-electron chi connectivity index (χ1n) is 4.86. The Labute approximate surface area is 102 Å². The number of nitrogens with two attached hydrogens (primary N) is 1. The van der Waals surface area contributed by atoms with Crippen LogP contribution in [0.1, 0.15) is 0 Å². The number of rotatable bonds is 5. The first-order chi connectivity index (χ1) is 8.47. The van der Waals surface area contributed by atoms with Gasteiger partial charge in [0.05, 0.1) is 0 Å². The minimum atomic E-state index is -4.15. The van der Waals surface area contributed by atoms with Crippen LogP contribution in [0.4, 0.5) is 5.82 Å². The van der Waals surface area contributed by atoms with Gasteiger partial charge in [-0.3, -0.25) is 9.13 Å². The van der Waals surface area contributed by atoms with Gasteiger partial charge in [0, 0.05) is 0 Å². The van der Waals surface area contributed by atoms with Gasteiger partial charge in [-0.1, -0.05) is 0 Å². The molecule has 0 amide bonds. The van der Waals surface area contributed by atoms with Crippen molar-refractivity contribution in [1.29, 1.82) is 0 Å².